The van der Waals surface area contributed by atoms with Gasteiger partial charge < -0.3 is 14.9 Å². The van der Waals surface area contributed by atoms with Gasteiger partial charge in [-0.25, -0.2) is 0 Å². The Balaban J connectivity index is 1.41. The van der Waals surface area contributed by atoms with Crippen molar-refractivity contribution in [1.29, 1.82) is 0 Å². The van der Waals surface area contributed by atoms with E-state index in [9.17, 15) is 9.59 Å². The zero-order valence-corrected chi connectivity index (χ0v) is 19.4. The second-order valence-electron chi connectivity index (χ2n) is 9.76. The summed E-state index contributed by atoms with van der Waals surface area (Å²) in [5.41, 5.74) is 2.47. The van der Waals surface area contributed by atoms with Gasteiger partial charge in [0.1, 0.15) is 6.61 Å². The lowest BCUT2D eigenvalue weighted by Gasteiger charge is -2.36. The molecule has 1 aromatic rings. The molecule has 0 spiro atoms. The van der Waals surface area contributed by atoms with Crippen LogP contribution in [-0.2, 0) is 16.0 Å². The lowest BCUT2D eigenvalue weighted by atomic mass is 9.85. The maximum Gasteiger partial charge on any atom is 0.225 e. The molecule has 2 fully saturated rings. The number of anilines is 1. The molecule has 1 aromatic carbocycles. The Kier molecular flexibility index (Phi) is 8.94. The highest BCUT2D eigenvalue weighted by molar-refractivity contribution is 5.80. The van der Waals surface area contributed by atoms with Crippen molar-refractivity contribution in [3.63, 3.8) is 0 Å². The number of carbonyl (C=O) groups is 2. The number of likely N-dealkylation sites (tertiary alicyclic amines) is 1. The number of amides is 1. The summed E-state index contributed by atoms with van der Waals surface area (Å²) >= 11 is 0. The van der Waals surface area contributed by atoms with Gasteiger partial charge in [-0.3, -0.25) is 9.59 Å². The quantitative estimate of drug-likeness (QED) is 0.644. The highest BCUT2D eigenvalue weighted by Gasteiger charge is 2.26. The van der Waals surface area contributed by atoms with E-state index in [1.165, 1.54) is 36.9 Å². The number of hydrogen-bond acceptors (Lipinski definition) is 4. The number of hydrogen-bond donors (Lipinski definition) is 1. The maximum absolute atomic E-state index is 12.2. The number of para-hydroxylation sites is 1. The molecule has 0 aromatic heterocycles. The first-order chi connectivity index (χ1) is 15.0. The predicted octanol–water partition coefficient (Wildman–Crippen LogP) is 4.07. The smallest absolute Gasteiger partial charge is 0.225 e. The first kappa shape index (κ1) is 23.8. The molecule has 1 N–H and O–H groups in total. The fraction of sp³-hybridized carbons (Fsp3) is 0.692. The third-order valence-corrected chi connectivity index (χ3v) is 7.20. The van der Waals surface area contributed by atoms with E-state index in [0.717, 1.165) is 50.9 Å². The molecule has 31 heavy (non-hydrogen) atoms. The van der Waals surface area contributed by atoms with Crippen molar-refractivity contribution in [2.45, 2.75) is 65.2 Å². The van der Waals surface area contributed by atoms with Crippen molar-refractivity contribution >= 4 is 17.4 Å². The van der Waals surface area contributed by atoms with Crippen molar-refractivity contribution in [2.75, 3.05) is 37.7 Å². The highest BCUT2D eigenvalue weighted by atomic mass is 16.3. The van der Waals surface area contributed by atoms with Crippen LogP contribution >= 0.6 is 0 Å². The van der Waals surface area contributed by atoms with Crippen LogP contribution in [0.2, 0.25) is 0 Å². The molecular weight excluding hydrogens is 388 g/mol. The molecule has 3 rings (SSSR count). The molecule has 0 atom stereocenters. The average Bonchev–Trinajstić information content (AvgIpc) is 2.81. The van der Waals surface area contributed by atoms with Crippen LogP contribution in [0.4, 0.5) is 5.69 Å². The molecule has 172 valence electrons. The fourth-order valence-corrected chi connectivity index (χ4v) is 5.12. The van der Waals surface area contributed by atoms with E-state index in [-0.39, 0.29) is 18.3 Å². The summed E-state index contributed by atoms with van der Waals surface area (Å²) in [6.07, 6.45) is 8.51. The molecule has 0 unspecified atom stereocenters. The van der Waals surface area contributed by atoms with Crippen LogP contribution in [0.5, 0.6) is 0 Å². The van der Waals surface area contributed by atoms with Gasteiger partial charge in [0.25, 0.3) is 0 Å². The maximum atomic E-state index is 12.2. The zero-order valence-electron chi connectivity index (χ0n) is 19.4. The second-order valence-corrected chi connectivity index (χ2v) is 9.76. The minimum atomic E-state index is -0.360. The van der Waals surface area contributed by atoms with Crippen molar-refractivity contribution < 1.29 is 14.7 Å². The molecule has 2 aliphatic heterocycles. The summed E-state index contributed by atoms with van der Waals surface area (Å²) in [4.78, 5) is 28.2. The Hall–Kier alpha value is -1.88. The Morgan fingerprint density at radius 2 is 1.55 bits per heavy atom. The van der Waals surface area contributed by atoms with E-state index < -0.39 is 0 Å². The Morgan fingerprint density at radius 1 is 0.968 bits per heavy atom. The van der Waals surface area contributed by atoms with Crippen molar-refractivity contribution in [3.05, 3.63) is 29.8 Å². The summed E-state index contributed by atoms with van der Waals surface area (Å²) in [6, 6.07) is 8.40. The van der Waals surface area contributed by atoms with Crippen LogP contribution in [0.1, 0.15) is 64.4 Å². The van der Waals surface area contributed by atoms with Crippen LogP contribution in [0.3, 0.4) is 0 Å². The number of rotatable bonds is 9. The van der Waals surface area contributed by atoms with Crippen molar-refractivity contribution in [3.8, 4) is 0 Å². The normalized spacial score (nSPS) is 18.6. The van der Waals surface area contributed by atoms with Gasteiger partial charge in [-0.15, -0.1) is 0 Å². The Morgan fingerprint density at radius 3 is 2.13 bits per heavy atom. The number of benzene rings is 1. The average molecular weight is 429 g/mol. The summed E-state index contributed by atoms with van der Waals surface area (Å²) in [5.74, 6) is 1.91. The number of aliphatic hydroxyl groups excluding tert-OH is 1. The monoisotopic (exact) mass is 428 g/mol. The molecule has 0 bridgehead atoms. The lowest BCUT2D eigenvalue weighted by molar-refractivity contribution is -0.135. The number of ketones is 1. The van der Waals surface area contributed by atoms with E-state index in [0.29, 0.717) is 18.7 Å². The minimum Gasteiger partial charge on any atom is -0.389 e. The molecule has 0 radical (unpaired) electrons. The van der Waals surface area contributed by atoms with E-state index in [1.54, 1.807) is 0 Å². The van der Waals surface area contributed by atoms with E-state index >= 15 is 0 Å². The lowest BCUT2D eigenvalue weighted by Crippen LogP contribution is -2.40. The van der Waals surface area contributed by atoms with Crippen LogP contribution in [0, 0.1) is 17.8 Å². The second kappa shape index (κ2) is 11.7. The first-order valence-electron chi connectivity index (χ1n) is 12.2. The molecule has 2 aliphatic rings. The van der Waals surface area contributed by atoms with Gasteiger partial charge in [0, 0.05) is 44.2 Å². The largest absolute Gasteiger partial charge is 0.389 e. The predicted molar refractivity (Wildman–Crippen MR) is 125 cm³/mol. The third kappa shape index (κ3) is 6.80. The molecule has 2 saturated heterocycles. The standard InChI is InChI=1S/C26H40N2O3/c1-20(2)26(31)28-17-13-22(14-18-28)8-7-21-11-15-27(16-12-21)25-6-4-3-5-23(25)9-10-24(30)19-29/h3-6,20-22,29H,7-19H2,1-2H3. The summed E-state index contributed by atoms with van der Waals surface area (Å²) in [6.45, 7) is 7.67. The van der Waals surface area contributed by atoms with Gasteiger partial charge in [-0.1, -0.05) is 44.9 Å². The number of aryl methyl sites for hydroxylation is 1. The number of Topliss-reactive ketones (excluding diaryl/α,β-unsaturated/α-hetero) is 1. The van der Waals surface area contributed by atoms with Gasteiger partial charge in [0.15, 0.2) is 5.78 Å². The van der Waals surface area contributed by atoms with Gasteiger partial charge in [-0.05, 0) is 55.6 Å². The van der Waals surface area contributed by atoms with Gasteiger partial charge >= 0.3 is 0 Å². The zero-order chi connectivity index (χ0) is 22.2. The van der Waals surface area contributed by atoms with E-state index in [1.807, 2.05) is 19.9 Å². The van der Waals surface area contributed by atoms with Crippen LogP contribution < -0.4 is 4.90 Å². The SMILES string of the molecule is CC(C)C(=O)N1CCC(CCC2CCN(c3ccccc3CCC(=O)CO)CC2)CC1. The molecule has 0 aliphatic carbocycles. The van der Waals surface area contributed by atoms with Gasteiger partial charge in [0.2, 0.25) is 5.91 Å². The molecule has 1 amide bonds. The number of aliphatic hydroxyl groups is 1. The fourth-order valence-electron chi connectivity index (χ4n) is 5.12. The molecule has 5 heteroatoms. The van der Waals surface area contributed by atoms with E-state index in [2.05, 4.69) is 28.0 Å². The number of piperidine rings is 2. The summed E-state index contributed by atoms with van der Waals surface area (Å²) in [7, 11) is 0. The van der Waals surface area contributed by atoms with Crippen LogP contribution in [0.15, 0.2) is 24.3 Å². The van der Waals surface area contributed by atoms with Crippen molar-refractivity contribution in [2.24, 2.45) is 17.8 Å². The Labute approximate surface area is 187 Å². The number of carbonyl (C=O) groups excluding carboxylic acids is 2. The Bertz CT molecular complexity index is 717. The van der Waals surface area contributed by atoms with Gasteiger partial charge in [0.05, 0.1) is 0 Å². The van der Waals surface area contributed by atoms with Gasteiger partial charge in [-0.2, -0.15) is 0 Å². The van der Waals surface area contributed by atoms with Crippen LogP contribution in [0.25, 0.3) is 0 Å². The minimum absolute atomic E-state index is 0.0899. The van der Waals surface area contributed by atoms with Crippen LogP contribution in [-0.4, -0.2) is 54.5 Å². The molecule has 5 nitrogen and oxygen atoms in total. The molecule has 0 saturated carbocycles. The summed E-state index contributed by atoms with van der Waals surface area (Å²) < 4.78 is 0. The molecular formula is C26H40N2O3. The third-order valence-electron chi connectivity index (χ3n) is 7.20. The first-order valence-corrected chi connectivity index (χ1v) is 12.2. The number of nitrogens with zero attached hydrogens (tertiary/aromatic N) is 2. The summed E-state index contributed by atoms with van der Waals surface area (Å²) in [5, 5.41) is 8.99. The van der Waals surface area contributed by atoms with Crippen molar-refractivity contribution in [1.82, 2.24) is 4.90 Å². The molecule has 2 heterocycles. The highest BCUT2D eigenvalue weighted by Crippen LogP contribution is 2.31. The topological polar surface area (TPSA) is 60.9 Å². The van der Waals surface area contributed by atoms with E-state index in [4.69, 9.17) is 5.11 Å².